The van der Waals surface area contributed by atoms with Gasteiger partial charge in [-0.2, -0.15) is 0 Å². The van der Waals surface area contributed by atoms with Crippen molar-refractivity contribution in [1.82, 2.24) is 9.88 Å². The minimum atomic E-state index is 0.270. The van der Waals surface area contributed by atoms with Crippen molar-refractivity contribution in [3.8, 4) is 0 Å². The first-order chi connectivity index (χ1) is 9.67. The summed E-state index contributed by atoms with van der Waals surface area (Å²) < 4.78 is 0. The molecule has 1 aromatic carbocycles. The second-order valence-electron chi connectivity index (χ2n) is 5.46. The average Bonchev–Trinajstić information content (AvgIpc) is 2.89. The van der Waals surface area contributed by atoms with Crippen molar-refractivity contribution in [3.05, 3.63) is 35.0 Å². The molecule has 106 valence electrons. The minimum absolute atomic E-state index is 0.270. The van der Waals surface area contributed by atoms with E-state index in [4.69, 9.17) is 11.6 Å². The molecule has 0 spiro atoms. The molecule has 2 heterocycles. The molecule has 1 N–H and O–H groups in total. The third-order valence-electron chi connectivity index (χ3n) is 4.19. The molecule has 1 amide bonds. The van der Waals surface area contributed by atoms with Crippen molar-refractivity contribution in [2.75, 3.05) is 13.1 Å². The fourth-order valence-electron chi connectivity index (χ4n) is 3.01. The van der Waals surface area contributed by atoms with Crippen LogP contribution in [-0.4, -0.2) is 28.9 Å². The van der Waals surface area contributed by atoms with Crippen LogP contribution in [0.25, 0.3) is 10.9 Å². The summed E-state index contributed by atoms with van der Waals surface area (Å²) in [4.78, 5) is 17.2. The van der Waals surface area contributed by atoms with Gasteiger partial charge in [-0.3, -0.25) is 4.79 Å². The SMILES string of the molecule is CCC(=O)N1CCC(c2cc3cc(Cl)ccc3[nH]2)CC1. The highest BCUT2D eigenvalue weighted by Crippen LogP contribution is 2.30. The second kappa shape index (κ2) is 5.49. The molecule has 0 radical (unpaired) electrons. The lowest BCUT2D eigenvalue weighted by molar-refractivity contribution is -0.131. The van der Waals surface area contributed by atoms with Crippen molar-refractivity contribution >= 4 is 28.4 Å². The number of hydrogen-bond acceptors (Lipinski definition) is 1. The van der Waals surface area contributed by atoms with Crippen LogP contribution in [0.3, 0.4) is 0 Å². The van der Waals surface area contributed by atoms with Gasteiger partial charge in [-0.15, -0.1) is 0 Å². The van der Waals surface area contributed by atoms with Gasteiger partial charge in [-0.25, -0.2) is 0 Å². The number of benzene rings is 1. The molecule has 1 aromatic heterocycles. The molecular weight excluding hydrogens is 272 g/mol. The lowest BCUT2D eigenvalue weighted by Crippen LogP contribution is -2.37. The average molecular weight is 291 g/mol. The third kappa shape index (κ3) is 2.55. The normalized spacial score (nSPS) is 16.8. The van der Waals surface area contributed by atoms with Gasteiger partial charge in [0, 0.05) is 47.0 Å². The molecule has 1 aliphatic rings. The maximum atomic E-state index is 11.7. The Kier molecular flexibility index (Phi) is 3.70. The van der Waals surface area contributed by atoms with Gasteiger partial charge in [0.1, 0.15) is 0 Å². The van der Waals surface area contributed by atoms with E-state index < -0.39 is 0 Å². The number of halogens is 1. The Bertz CT molecular complexity index is 626. The number of hydrogen-bond donors (Lipinski definition) is 1. The summed E-state index contributed by atoms with van der Waals surface area (Å²) in [5.41, 5.74) is 2.40. The highest BCUT2D eigenvalue weighted by molar-refractivity contribution is 6.31. The van der Waals surface area contributed by atoms with Gasteiger partial charge in [0.15, 0.2) is 0 Å². The van der Waals surface area contributed by atoms with Gasteiger partial charge in [0.25, 0.3) is 0 Å². The fraction of sp³-hybridized carbons (Fsp3) is 0.438. The quantitative estimate of drug-likeness (QED) is 0.893. The molecule has 3 nitrogen and oxygen atoms in total. The molecule has 0 atom stereocenters. The Labute approximate surface area is 123 Å². The van der Waals surface area contributed by atoms with E-state index in [0.29, 0.717) is 12.3 Å². The molecule has 0 saturated carbocycles. The summed E-state index contributed by atoms with van der Waals surface area (Å²) in [5, 5.41) is 1.94. The van der Waals surface area contributed by atoms with Crippen LogP contribution in [0.4, 0.5) is 0 Å². The van der Waals surface area contributed by atoms with Crippen LogP contribution in [0.1, 0.15) is 37.8 Å². The lowest BCUT2D eigenvalue weighted by atomic mass is 9.93. The van der Waals surface area contributed by atoms with Crippen LogP contribution in [0, 0.1) is 0 Å². The highest BCUT2D eigenvalue weighted by Gasteiger charge is 2.23. The van der Waals surface area contributed by atoms with Crippen LogP contribution < -0.4 is 0 Å². The molecule has 0 aliphatic carbocycles. The largest absolute Gasteiger partial charge is 0.358 e. The lowest BCUT2D eigenvalue weighted by Gasteiger charge is -2.31. The van der Waals surface area contributed by atoms with Gasteiger partial charge in [-0.1, -0.05) is 18.5 Å². The predicted octanol–water partition coefficient (Wildman–Crippen LogP) is 3.94. The standard InChI is InChI=1S/C16H19ClN2O/c1-2-16(20)19-7-5-11(6-8-19)15-10-12-9-13(17)3-4-14(12)18-15/h3-4,9-11,18H,2,5-8H2,1H3. The van der Waals surface area contributed by atoms with E-state index in [-0.39, 0.29) is 5.91 Å². The van der Waals surface area contributed by atoms with Gasteiger partial charge < -0.3 is 9.88 Å². The Morgan fingerprint density at radius 3 is 2.80 bits per heavy atom. The number of aromatic nitrogens is 1. The summed E-state index contributed by atoms with van der Waals surface area (Å²) in [5.74, 6) is 0.786. The summed E-state index contributed by atoms with van der Waals surface area (Å²) in [6.45, 7) is 3.66. The Balaban J connectivity index is 1.75. The van der Waals surface area contributed by atoms with Crippen molar-refractivity contribution in [3.63, 3.8) is 0 Å². The summed E-state index contributed by atoms with van der Waals surface area (Å²) in [6, 6.07) is 8.12. The number of rotatable bonds is 2. The maximum Gasteiger partial charge on any atom is 0.222 e. The zero-order valence-electron chi connectivity index (χ0n) is 11.7. The highest BCUT2D eigenvalue weighted by atomic mass is 35.5. The van der Waals surface area contributed by atoms with E-state index in [2.05, 4.69) is 11.1 Å². The number of nitrogens with one attached hydrogen (secondary N) is 1. The van der Waals surface area contributed by atoms with E-state index in [9.17, 15) is 4.79 Å². The number of carbonyl (C=O) groups excluding carboxylic acids is 1. The summed E-state index contributed by atoms with van der Waals surface area (Å²) in [6.07, 6.45) is 2.67. The van der Waals surface area contributed by atoms with Crippen LogP contribution in [0.15, 0.2) is 24.3 Å². The van der Waals surface area contributed by atoms with Gasteiger partial charge in [-0.05, 0) is 37.1 Å². The topological polar surface area (TPSA) is 36.1 Å². The molecule has 2 aromatic rings. The number of piperidine rings is 1. The number of aromatic amines is 1. The van der Waals surface area contributed by atoms with Crippen LogP contribution in [-0.2, 0) is 4.79 Å². The predicted molar refractivity (Wildman–Crippen MR) is 82.2 cm³/mol. The number of fused-ring (bicyclic) bond motifs is 1. The van der Waals surface area contributed by atoms with Gasteiger partial charge in [0.2, 0.25) is 5.91 Å². The molecule has 3 rings (SSSR count). The zero-order valence-corrected chi connectivity index (χ0v) is 12.4. The maximum absolute atomic E-state index is 11.7. The Morgan fingerprint density at radius 2 is 2.10 bits per heavy atom. The second-order valence-corrected chi connectivity index (χ2v) is 5.90. The molecular formula is C16H19ClN2O. The summed E-state index contributed by atoms with van der Waals surface area (Å²) >= 11 is 6.03. The molecule has 1 saturated heterocycles. The molecule has 0 unspecified atom stereocenters. The number of amides is 1. The smallest absolute Gasteiger partial charge is 0.222 e. The van der Waals surface area contributed by atoms with Crippen molar-refractivity contribution < 1.29 is 4.79 Å². The number of carbonyl (C=O) groups is 1. The van der Waals surface area contributed by atoms with E-state index >= 15 is 0 Å². The molecule has 4 heteroatoms. The molecule has 0 bridgehead atoms. The molecule has 1 aliphatic heterocycles. The van der Waals surface area contributed by atoms with Crippen LogP contribution in [0.2, 0.25) is 5.02 Å². The fourth-order valence-corrected chi connectivity index (χ4v) is 3.19. The monoisotopic (exact) mass is 290 g/mol. The van der Waals surface area contributed by atoms with Crippen molar-refractivity contribution in [2.24, 2.45) is 0 Å². The summed E-state index contributed by atoms with van der Waals surface area (Å²) in [7, 11) is 0. The number of H-pyrrole nitrogens is 1. The third-order valence-corrected chi connectivity index (χ3v) is 4.43. The van der Waals surface area contributed by atoms with Crippen LogP contribution >= 0.6 is 11.6 Å². The minimum Gasteiger partial charge on any atom is -0.358 e. The van der Waals surface area contributed by atoms with E-state index in [1.807, 2.05) is 30.0 Å². The number of nitrogens with zero attached hydrogens (tertiary/aromatic N) is 1. The zero-order chi connectivity index (χ0) is 14.1. The van der Waals surface area contributed by atoms with E-state index in [0.717, 1.165) is 36.5 Å². The first kappa shape index (κ1) is 13.5. The van der Waals surface area contributed by atoms with E-state index in [1.165, 1.54) is 11.1 Å². The van der Waals surface area contributed by atoms with Crippen LogP contribution in [0.5, 0.6) is 0 Å². The van der Waals surface area contributed by atoms with Crippen molar-refractivity contribution in [1.29, 1.82) is 0 Å². The molecule has 1 fully saturated rings. The Hall–Kier alpha value is -1.48. The van der Waals surface area contributed by atoms with Gasteiger partial charge >= 0.3 is 0 Å². The van der Waals surface area contributed by atoms with Crippen molar-refractivity contribution in [2.45, 2.75) is 32.1 Å². The first-order valence-corrected chi connectivity index (χ1v) is 7.61. The van der Waals surface area contributed by atoms with Gasteiger partial charge in [0.05, 0.1) is 0 Å². The number of likely N-dealkylation sites (tertiary alicyclic amines) is 1. The van der Waals surface area contributed by atoms with E-state index in [1.54, 1.807) is 0 Å². The Morgan fingerprint density at radius 1 is 1.35 bits per heavy atom. The first-order valence-electron chi connectivity index (χ1n) is 7.23. The molecule has 20 heavy (non-hydrogen) atoms.